The van der Waals surface area contributed by atoms with Crippen molar-refractivity contribution in [2.75, 3.05) is 12.4 Å². The molecule has 8 heteroatoms. The predicted molar refractivity (Wildman–Crippen MR) is 94.9 cm³/mol. The van der Waals surface area contributed by atoms with E-state index in [2.05, 4.69) is 25.5 Å². The van der Waals surface area contributed by atoms with Crippen LogP contribution in [0.2, 0.25) is 0 Å². The number of benzene rings is 1. The van der Waals surface area contributed by atoms with Gasteiger partial charge in [-0.2, -0.15) is 5.10 Å². The average molecular weight is 339 g/mol. The Kier molecular flexibility index (Phi) is 3.43. The minimum absolute atomic E-state index is 0.329. The highest BCUT2D eigenvalue weighted by atomic mass is 19.1. The third-order valence-corrected chi connectivity index (χ3v) is 4.43. The number of H-pyrrole nitrogens is 1. The van der Waals surface area contributed by atoms with E-state index in [1.165, 1.54) is 0 Å². The standard InChI is InChI=1S/C17H18FN7/c1-8-14(10-4-22-24-17(10)15(9(2)19)16(8)18)11-6-25-7-12(20-3)23-13(25)5-21-11/h4-7,9,20H,19H2,1-3H3,(H,22,24)/t9-/m0/s1. The van der Waals surface area contributed by atoms with Crippen LogP contribution in [0.25, 0.3) is 27.8 Å². The van der Waals surface area contributed by atoms with E-state index < -0.39 is 6.04 Å². The molecule has 25 heavy (non-hydrogen) atoms. The molecule has 0 radical (unpaired) electrons. The van der Waals surface area contributed by atoms with E-state index in [0.29, 0.717) is 33.5 Å². The zero-order valence-electron chi connectivity index (χ0n) is 14.1. The summed E-state index contributed by atoms with van der Waals surface area (Å²) in [6.07, 6.45) is 7.04. The Labute approximate surface area is 143 Å². The molecule has 0 aliphatic heterocycles. The number of rotatable bonds is 3. The number of anilines is 1. The first-order valence-electron chi connectivity index (χ1n) is 7.94. The average Bonchev–Trinajstić information content (AvgIpc) is 3.21. The SMILES string of the molecule is CNc1cn2cc(-c3c(C)c(F)c([C@H](C)N)c4[nH]ncc34)ncc2n1. The third kappa shape index (κ3) is 2.25. The van der Waals surface area contributed by atoms with Gasteiger partial charge < -0.3 is 15.5 Å². The summed E-state index contributed by atoms with van der Waals surface area (Å²) in [5.74, 6) is 0.410. The van der Waals surface area contributed by atoms with Crippen molar-refractivity contribution < 1.29 is 4.39 Å². The van der Waals surface area contributed by atoms with Crippen LogP contribution in [0.1, 0.15) is 24.1 Å². The summed E-state index contributed by atoms with van der Waals surface area (Å²) in [4.78, 5) is 8.86. The van der Waals surface area contributed by atoms with Gasteiger partial charge >= 0.3 is 0 Å². The Balaban J connectivity index is 2.02. The molecule has 1 atom stereocenters. The fraction of sp³-hybridized carbons (Fsp3) is 0.235. The number of nitrogens with one attached hydrogen (secondary N) is 2. The first kappa shape index (κ1) is 15.5. The van der Waals surface area contributed by atoms with Gasteiger partial charge in [0.05, 0.1) is 29.8 Å². The van der Waals surface area contributed by atoms with Crippen molar-refractivity contribution >= 4 is 22.4 Å². The fourth-order valence-electron chi connectivity index (χ4n) is 3.21. The smallest absolute Gasteiger partial charge is 0.157 e. The lowest BCUT2D eigenvalue weighted by molar-refractivity contribution is 0.589. The van der Waals surface area contributed by atoms with E-state index in [0.717, 1.165) is 11.2 Å². The van der Waals surface area contributed by atoms with Gasteiger partial charge in [0.2, 0.25) is 0 Å². The molecule has 128 valence electrons. The van der Waals surface area contributed by atoms with Crippen LogP contribution in [0.3, 0.4) is 0 Å². The Morgan fingerprint density at radius 1 is 1.32 bits per heavy atom. The molecule has 7 nitrogen and oxygen atoms in total. The van der Waals surface area contributed by atoms with Crippen LogP contribution >= 0.6 is 0 Å². The van der Waals surface area contributed by atoms with Gasteiger partial charge in [-0.05, 0) is 19.4 Å². The van der Waals surface area contributed by atoms with Crippen molar-refractivity contribution in [2.45, 2.75) is 19.9 Å². The molecule has 4 N–H and O–H groups in total. The second-order valence-electron chi connectivity index (χ2n) is 6.09. The van der Waals surface area contributed by atoms with E-state index >= 15 is 0 Å². The lowest BCUT2D eigenvalue weighted by atomic mass is 9.94. The molecule has 0 spiro atoms. The molecule has 4 rings (SSSR count). The summed E-state index contributed by atoms with van der Waals surface area (Å²) in [5.41, 5.74) is 9.57. The zero-order valence-corrected chi connectivity index (χ0v) is 14.1. The highest BCUT2D eigenvalue weighted by Crippen LogP contribution is 2.36. The van der Waals surface area contributed by atoms with E-state index in [9.17, 15) is 4.39 Å². The molecule has 4 aromatic rings. The quantitative estimate of drug-likeness (QED) is 0.533. The summed E-state index contributed by atoms with van der Waals surface area (Å²) >= 11 is 0. The van der Waals surface area contributed by atoms with Crippen LogP contribution in [-0.2, 0) is 0 Å². The monoisotopic (exact) mass is 339 g/mol. The van der Waals surface area contributed by atoms with Gasteiger partial charge in [-0.3, -0.25) is 10.1 Å². The topological polar surface area (TPSA) is 96.9 Å². The number of halogens is 1. The second kappa shape index (κ2) is 5.52. The van der Waals surface area contributed by atoms with Crippen molar-refractivity contribution in [3.05, 3.63) is 41.7 Å². The van der Waals surface area contributed by atoms with Crippen molar-refractivity contribution in [3.63, 3.8) is 0 Å². The lowest BCUT2D eigenvalue weighted by Crippen LogP contribution is -2.10. The summed E-state index contributed by atoms with van der Waals surface area (Å²) in [5, 5.41) is 10.8. The molecule has 0 amide bonds. The Bertz CT molecular complexity index is 1090. The second-order valence-corrected chi connectivity index (χ2v) is 6.09. The normalized spacial score (nSPS) is 12.8. The molecule has 0 saturated carbocycles. The maximum atomic E-state index is 15.0. The molecule has 0 aliphatic rings. The Hall–Kier alpha value is -3.00. The molecule has 0 saturated heterocycles. The zero-order chi connectivity index (χ0) is 17.7. The maximum absolute atomic E-state index is 15.0. The number of nitrogens with zero attached hydrogens (tertiary/aromatic N) is 4. The van der Waals surface area contributed by atoms with Gasteiger partial charge in [0, 0.05) is 35.8 Å². The minimum atomic E-state index is -0.446. The number of hydrogen-bond acceptors (Lipinski definition) is 5. The Morgan fingerprint density at radius 2 is 2.12 bits per heavy atom. The number of aromatic amines is 1. The summed E-state index contributed by atoms with van der Waals surface area (Å²) in [6, 6.07) is -0.446. The molecule has 3 aromatic heterocycles. The molecule has 0 fully saturated rings. The minimum Gasteiger partial charge on any atom is -0.372 e. The third-order valence-electron chi connectivity index (χ3n) is 4.43. The van der Waals surface area contributed by atoms with Crippen LogP contribution in [-0.4, -0.2) is 31.6 Å². The van der Waals surface area contributed by atoms with Gasteiger partial charge in [0.15, 0.2) is 5.65 Å². The summed E-state index contributed by atoms with van der Waals surface area (Å²) in [6.45, 7) is 3.49. The van der Waals surface area contributed by atoms with Crippen LogP contribution in [0.15, 0.2) is 24.8 Å². The van der Waals surface area contributed by atoms with Crippen LogP contribution < -0.4 is 11.1 Å². The molecular weight excluding hydrogens is 321 g/mol. The number of fused-ring (bicyclic) bond motifs is 2. The number of nitrogens with two attached hydrogens (primary N) is 1. The largest absolute Gasteiger partial charge is 0.372 e. The van der Waals surface area contributed by atoms with Crippen molar-refractivity contribution in [3.8, 4) is 11.3 Å². The first-order chi connectivity index (χ1) is 12.0. The van der Waals surface area contributed by atoms with Crippen molar-refractivity contribution in [2.24, 2.45) is 5.73 Å². The van der Waals surface area contributed by atoms with Crippen molar-refractivity contribution in [1.82, 2.24) is 24.6 Å². The molecule has 0 unspecified atom stereocenters. The molecule has 0 aliphatic carbocycles. The highest BCUT2D eigenvalue weighted by Gasteiger charge is 2.22. The van der Waals surface area contributed by atoms with Gasteiger partial charge in [-0.15, -0.1) is 0 Å². The maximum Gasteiger partial charge on any atom is 0.157 e. The van der Waals surface area contributed by atoms with Crippen LogP contribution in [0.5, 0.6) is 0 Å². The molecule has 3 heterocycles. The fourth-order valence-corrected chi connectivity index (χ4v) is 3.21. The number of imidazole rings is 1. The van der Waals surface area contributed by atoms with E-state index in [4.69, 9.17) is 5.73 Å². The summed E-state index contributed by atoms with van der Waals surface area (Å²) < 4.78 is 16.9. The number of aromatic nitrogens is 5. The number of hydrogen-bond donors (Lipinski definition) is 3. The van der Waals surface area contributed by atoms with Gasteiger partial charge in [-0.1, -0.05) is 0 Å². The van der Waals surface area contributed by atoms with E-state index in [1.54, 1.807) is 33.3 Å². The van der Waals surface area contributed by atoms with E-state index in [1.807, 2.05) is 16.8 Å². The van der Waals surface area contributed by atoms with Crippen LogP contribution in [0.4, 0.5) is 10.2 Å². The Morgan fingerprint density at radius 3 is 2.84 bits per heavy atom. The van der Waals surface area contributed by atoms with Gasteiger partial charge in [-0.25, -0.2) is 9.37 Å². The molecular formula is C17H18FN7. The van der Waals surface area contributed by atoms with Crippen molar-refractivity contribution in [1.29, 1.82) is 0 Å². The van der Waals surface area contributed by atoms with Crippen LogP contribution in [0, 0.1) is 12.7 Å². The molecule has 1 aromatic carbocycles. The predicted octanol–water partition coefficient (Wildman–Crippen LogP) is 2.78. The first-order valence-corrected chi connectivity index (χ1v) is 7.94. The van der Waals surface area contributed by atoms with Gasteiger partial charge in [0.25, 0.3) is 0 Å². The van der Waals surface area contributed by atoms with E-state index in [-0.39, 0.29) is 5.82 Å². The molecule has 0 bridgehead atoms. The lowest BCUT2D eigenvalue weighted by Gasteiger charge is -2.15. The summed E-state index contributed by atoms with van der Waals surface area (Å²) in [7, 11) is 1.80. The highest BCUT2D eigenvalue weighted by molar-refractivity contribution is 5.97. The van der Waals surface area contributed by atoms with Gasteiger partial charge in [0.1, 0.15) is 11.6 Å².